The molecule has 6 heteroatoms. The number of benzene rings is 1. The Morgan fingerprint density at radius 2 is 1.06 bits per heavy atom. The predicted octanol–water partition coefficient (Wildman–Crippen LogP) is 3.53. The van der Waals surface area contributed by atoms with E-state index in [1.165, 1.54) is 64.2 Å². The van der Waals surface area contributed by atoms with E-state index in [-0.39, 0.29) is 0 Å². The van der Waals surface area contributed by atoms with Crippen molar-refractivity contribution in [3.05, 3.63) is 29.8 Å². The van der Waals surface area contributed by atoms with Crippen LogP contribution in [0.15, 0.2) is 24.3 Å². The normalized spacial score (nSPS) is 10.7. The van der Waals surface area contributed by atoms with Gasteiger partial charge >= 0.3 is 0 Å². The van der Waals surface area contributed by atoms with Crippen LogP contribution in [0.4, 0.5) is 0 Å². The lowest BCUT2D eigenvalue weighted by molar-refractivity contribution is 0.466. The minimum atomic E-state index is 0.457. The van der Waals surface area contributed by atoms with Gasteiger partial charge < -0.3 is 32.5 Å². The van der Waals surface area contributed by atoms with E-state index in [0.29, 0.717) is 18.8 Å². The molecule has 0 unspecified atom stereocenters. The van der Waals surface area contributed by atoms with Crippen LogP contribution in [-0.2, 0) is 6.42 Å². The number of rotatable bonds is 21. The Balaban J connectivity index is 0.000000649. The molecule has 0 aliphatic rings. The largest absolute Gasteiger partial charge is 0.508 e. The molecular formula is C26H53N5O. The summed E-state index contributed by atoms with van der Waals surface area (Å²) in [5.41, 5.74) is 11.7. The van der Waals surface area contributed by atoms with Crippen molar-refractivity contribution in [2.75, 3.05) is 52.4 Å². The van der Waals surface area contributed by atoms with Crippen LogP contribution in [0.5, 0.6) is 5.75 Å². The van der Waals surface area contributed by atoms with Gasteiger partial charge in [0, 0.05) is 52.4 Å². The van der Waals surface area contributed by atoms with Crippen molar-refractivity contribution in [2.45, 2.75) is 77.6 Å². The summed E-state index contributed by atoms with van der Waals surface area (Å²) in [7, 11) is 0. The van der Waals surface area contributed by atoms with Gasteiger partial charge in [-0.1, -0.05) is 82.9 Å². The fourth-order valence-corrected chi connectivity index (χ4v) is 3.46. The third-order valence-electron chi connectivity index (χ3n) is 5.39. The highest BCUT2D eigenvalue weighted by atomic mass is 16.3. The molecule has 0 saturated carbocycles. The maximum atomic E-state index is 9.65. The Hall–Kier alpha value is -1.18. The Kier molecular flexibility index (Phi) is 25.1. The van der Waals surface area contributed by atoms with Gasteiger partial charge in [0.25, 0.3) is 0 Å². The second-order valence-corrected chi connectivity index (χ2v) is 8.39. The molecule has 0 aliphatic heterocycles. The van der Waals surface area contributed by atoms with Crippen LogP contribution in [0.3, 0.4) is 0 Å². The Bertz CT molecular complexity index is 477. The summed E-state index contributed by atoms with van der Waals surface area (Å²) in [6, 6.07) is 7.71. The maximum absolute atomic E-state index is 9.65. The maximum Gasteiger partial charge on any atom is 0.118 e. The number of hydrogen-bond donors (Lipinski definition) is 6. The summed E-state index contributed by atoms with van der Waals surface area (Å²) in [6.07, 6.45) is 14.6. The van der Waals surface area contributed by atoms with Gasteiger partial charge in [-0.2, -0.15) is 0 Å². The molecule has 8 N–H and O–H groups in total. The quantitative estimate of drug-likeness (QED) is 0.160. The van der Waals surface area contributed by atoms with E-state index in [9.17, 15) is 5.11 Å². The molecule has 0 aromatic heterocycles. The Morgan fingerprint density at radius 1 is 0.625 bits per heavy atom. The third kappa shape index (κ3) is 22.0. The average Bonchev–Trinajstić information content (AvgIpc) is 2.81. The van der Waals surface area contributed by atoms with E-state index in [1.807, 2.05) is 18.2 Å². The van der Waals surface area contributed by atoms with Gasteiger partial charge in [0.2, 0.25) is 0 Å². The predicted molar refractivity (Wildman–Crippen MR) is 140 cm³/mol. The molecule has 1 aromatic rings. The van der Waals surface area contributed by atoms with Crippen LogP contribution >= 0.6 is 0 Å². The number of nitrogens with one attached hydrogen (secondary N) is 3. The summed E-state index contributed by atoms with van der Waals surface area (Å²) in [6.45, 7) is 9.41. The van der Waals surface area contributed by atoms with Gasteiger partial charge in [-0.15, -0.1) is 0 Å². The molecule has 0 amide bonds. The van der Waals surface area contributed by atoms with Crippen LogP contribution in [-0.4, -0.2) is 57.5 Å². The molecular weight excluding hydrogens is 398 g/mol. The van der Waals surface area contributed by atoms with Crippen molar-refractivity contribution in [2.24, 2.45) is 11.5 Å². The second-order valence-electron chi connectivity index (χ2n) is 8.39. The number of hydrogen-bond acceptors (Lipinski definition) is 6. The monoisotopic (exact) mass is 451 g/mol. The molecule has 188 valence electrons. The fraction of sp³-hybridized carbons (Fsp3) is 0.769. The van der Waals surface area contributed by atoms with Crippen LogP contribution in [0.25, 0.3) is 0 Å². The van der Waals surface area contributed by atoms with E-state index in [1.54, 1.807) is 6.07 Å². The molecule has 32 heavy (non-hydrogen) atoms. The zero-order chi connectivity index (χ0) is 23.5. The SMILES string of the molecule is CCCCCCCCCCCCc1ccccc1O.NCCNCCNCCNCCN. The first-order valence-electron chi connectivity index (χ1n) is 13.0. The highest BCUT2D eigenvalue weighted by Gasteiger charge is 1.99. The first-order chi connectivity index (χ1) is 15.8. The average molecular weight is 452 g/mol. The van der Waals surface area contributed by atoms with Crippen molar-refractivity contribution in [3.63, 3.8) is 0 Å². The lowest BCUT2D eigenvalue weighted by Gasteiger charge is -2.06. The summed E-state index contributed by atoms with van der Waals surface area (Å²) in [4.78, 5) is 0. The Morgan fingerprint density at radius 3 is 1.53 bits per heavy atom. The summed E-state index contributed by atoms with van der Waals surface area (Å²) in [5, 5.41) is 19.4. The Labute approximate surface area is 198 Å². The first-order valence-corrected chi connectivity index (χ1v) is 13.0. The highest BCUT2D eigenvalue weighted by Crippen LogP contribution is 2.19. The highest BCUT2D eigenvalue weighted by molar-refractivity contribution is 5.31. The summed E-state index contributed by atoms with van der Waals surface area (Å²) >= 11 is 0. The van der Waals surface area contributed by atoms with Gasteiger partial charge in [0.1, 0.15) is 5.75 Å². The molecule has 6 nitrogen and oxygen atoms in total. The van der Waals surface area contributed by atoms with Crippen molar-refractivity contribution in [1.29, 1.82) is 0 Å². The second kappa shape index (κ2) is 26.1. The van der Waals surface area contributed by atoms with Gasteiger partial charge in [0.15, 0.2) is 0 Å². The molecule has 0 atom stereocenters. The minimum absolute atomic E-state index is 0.457. The van der Waals surface area contributed by atoms with Crippen LogP contribution in [0.1, 0.15) is 76.7 Å². The van der Waals surface area contributed by atoms with E-state index in [4.69, 9.17) is 11.5 Å². The number of nitrogens with two attached hydrogens (primary N) is 2. The molecule has 0 spiro atoms. The van der Waals surface area contributed by atoms with Crippen LogP contribution < -0.4 is 27.4 Å². The number of phenols is 1. The van der Waals surface area contributed by atoms with E-state index in [2.05, 4.69) is 22.9 Å². The van der Waals surface area contributed by atoms with E-state index >= 15 is 0 Å². The zero-order valence-corrected chi connectivity index (χ0v) is 20.8. The lowest BCUT2D eigenvalue weighted by Crippen LogP contribution is -2.35. The smallest absolute Gasteiger partial charge is 0.118 e. The number of unbranched alkanes of at least 4 members (excludes halogenated alkanes) is 9. The number of aromatic hydroxyl groups is 1. The minimum Gasteiger partial charge on any atom is -0.508 e. The van der Waals surface area contributed by atoms with Crippen molar-refractivity contribution < 1.29 is 5.11 Å². The molecule has 1 rings (SSSR count). The summed E-state index contributed by atoms with van der Waals surface area (Å²) < 4.78 is 0. The van der Waals surface area contributed by atoms with Gasteiger partial charge in [-0.05, 0) is 24.5 Å². The first kappa shape index (κ1) is 30.8. The zero-order valence-electron chi connectivity index (χ0n) is 20.8. The van der Waals surface area contributed by atoms with Gasteiger partial charge in [-0.3, -0.25) is 0 Å². The third-order valence-corrected chi connectivity index (χ3v) is 5.39. The van der Waals surface area contributed by atoms with E-state index in [0.717, 1.165) is 51.3 Å². The number of aryl methyl sites for hydroxylation is 1. The molecule has 1 aromatic carbocycles. The van der Waals surface area contributed by atoms with Gasteiger partial charge in [-0.25, -0.2) is 0 Å². The van der Waals surface area contributed by atoms with Crippen molar-refractivity contribution >= 4 is 0 Å². The molecule has 0 aliphatic carbocycles. The van der Waals surface area contributed by atoms with Crippen molar-refractivity contribution in [1.82, 2.24) is 16.0 Å². The number of phenolic OH excluding ortho intramolecular Hbond substituents is 1. The lowest BCUT2D eigenvalue weighted by atomic mass is 10.0. The molecule has 0 heterocycles. The van der Waals surface area contributed by atoms with Crippen molar-refractivity contribution in [3.8, 4) is 5.75 Å². The summed E-state index contributed by atoms with van der Waals surface area (Å²) in [5.74, 6) is 0.457. The number of para-hydroxylation sites is 1. The fourth-order valence-electron chi connectivity index (χ4n) is 3.46. The van der Waals surface area contributed by atoms with Crippen LogP contribution in [0, 0.1) is 0 Å². The van der Waals surface area contributed by atoms with Crippen LogP contribution in [0.2, 0.25) is 0 Å². The standard InChI is InChI=1S/C18H30O.C8H23N5/c1-2-3-4-5-6-7-8-9-10-11-14-17-15-12-13-16-18(17)19;9-1-3-11-5-7-13-8-6-12-4-2-10/h12-13,15-16,19H,2-11,14H2,1H3;11-13H,1-10H2. The molecule has 0 bridgehead atoms. The van der Waals surface area contributed by atoms with E-state index < -0.39 is 0 Å². The topological polar surface area (TPSA) is 108 Å². The molecule has 0 saturated heterocycles. The molecule has 0 radical (unpaired) electrons. The molecule has 0 fully saturated rings. The van der Waals surface area contributed by atoms with Gasteiger partial charge in [0.05, 0.1) is 0 Å².